The predicted molar refractivity (Wildman–Crippen MR) is 100 cm³/mol. The molecule has 8 nitrogen and oxygen atoms in total. The van der Waals surface area contributed by atoms with Gasteiger partial charge in [-0.25, -0.2) is 10.3 Å². The molecule has 1 aliphatic carbocycles. The van der Waals surface area contributed by atoms with Crippen LogP contribution in [0.2, 0.25) is 0 Å². The average molecular weight is 389 g/mol. The zero-order chi connectivity index (χ0) is 20.1. The largest absolute Gasteiger partial charge is 0.446 e. The number of alkyl carbamates (subject to hydrolysis) is 1. The number of amides is 3. The van der Waals surface area contributed by atoms with Gasteiger partial charge >= 0.3 is 6.09 Å². The molecule has 2 fully saturated rings. The average Bonchev–Trinajstić information content (AvgIpc) is 3.23. The molecule has 2 aliphatic rings. The Hall–Kier alpha value is -2.61. The van der Waals surface area contributed by atoms with E-state index in [2.05, 4.69) is 17.4 Å². The molecule has 1 saturated carbocycles. The van der Waals surface area contributed by atoms with Crippen molar-refractivity contribution in [2.45, 2.75) is 37.7 Å². The summed E-state index contributed by atoms with van der Waals surface area (Å²) in [6.45, 7) is 1.28. The lowest BCUT2D eigenvalue weighted by Gasteiger charge is -2.35. The molecule has 1 aromatic carbocycles. The summed E-state index contributed by atoms with van der Waals surface area (Å²) in [6.07, 6.45) is 1.03. The molecule has 1 aliphatic heterocycles. The Bertz CT molecular complexity index is 711. The quantitative estimate of drug-likeness (QED) is 0.536. The van der Waals surface area contributed by atoms with Crippen molar-refractivity contribution in [1.29, 1.82) is 0 Å². The van der Waals surface area contributed by atoms with Crippen LogP contribution in [0.15, 0.2) is 30.3 Å². The van der Waals surface area contributed by atoms with Gasteiger partial charge < -0.3 is 15.0 Å². The smallest absolute Gasteiger partial charge is 0.407 e. The van der Waals surface area contributed by atoms with E-state index in [-0.39, 0.29) is 12.3 Å². The van der Waals surface area contributed by atoms with Crippen molar-refractivity contribution in [3.05, 3.63) is 35.9 Å². The molecule has 0 aromatic heterocycles. The first kappa shape index (κ1) is 20.1. The number of carbonyl (C=O) groups is 3. The van der Waals surface area contributed by atoms with Crippen LogP contribution in [0.25, 0.3) is 0 Å². The number of hydrogen-bond donors (Lipinski definition) is 3. The maximum absolute atomic E-state index is 13.1. The molecular formula is C20H27N3O5. The SMILES string of the molecule is CNC(=O)OC1CCC(C(=O)N2CC[C@H](c3ccccc3)C2)C(C(=O)NO)C1. The topological polar surface area (TPSA) is 108 Å². The van der Waals surface area contributed by atoms with E-state index in [0.717, 1.165) is 6.42 Å². The van der Waals surface area contributed by atoms with Gasteiger partial charge in [0.25, 0.3) is 0 Å². The Balaban J connectivity index is 1.66. The summed E-state index contributed by atoms with van der Waals surface area (Å²) < 4.78 is 5.26. The second-order valence-corrected chi connectivity index (χ2v) is 7.46. The number of benzene rings is 1. The summed E-state index contributed by atoms with van der Waals surface area (Å²) in [5.41, 5.74) is 2.88. The summed E-state index contributed by atoms with van der Waals surface area (Å²) in [5, 5.41) is 11.5. The molecule has 152 valence electrons. The van der Waals surface area contributed by atoms with Gasteiger partial charge in [-0.1, -0.05) is 30.3 Å². The van der Waals surface area contributed by atoms with Crippen molar-refractivity contribution in [3.8, 4) is 0 Å². The van der Waals surface area contributed by atoms with E-state index in [9.17, 15) is 14.4 Å². The van der Waals surface area contributed by atoms with Crippen molar-refractivity contribution in [3.63, 3.8) is 0 Å². The molecule has 8 heteroatoms. The minimum Gasteiger partial charge on any atom is -0.446 e. The van der Waals surface area contributed by atoms with Crippen molar-refractivity contribution < 1.29 is 24.3 Å². The number of ether oxygens (including phenoxy) is 1. The first-order valence-electron chi connectivity index (χ1n) is 9.69. The highest BCUT2D eigenvalue weighted by Gasteiger charge is 2.43. The number of hydrogen-bond acceptors (Lipinski definition) is 5. The third kappa shape index (κ3) is 4.44. The fraction of sp³-hybridized carbons (Fsp3) is 0.550. The Labute approximate surface area is 164 Å². The molecule has 3 N–H and O–H groups in total. The fourth-order valence-corrected chi connectivity index (χ4v) is 4.31. The molecule has 28 heavy (non-hydrogen) atoms. The first-order chi connectivity index (χ1) is 13.5. The van der Waals surface area contributed by atoms with Gasteiger partial charge in [0.2, 0.25) is 11.8 Å². The number of rotatable bonds is 4. The lowest BCUT2D eigenvalue weighted by Crippen LogP contribution is -2.47. The van der Waals surface area contributed by atoms with Gasteiger partial charge in [0, 0.05) is 26.1 Å². The van der Waals surface area contributed by atoms with Crippen LogP contribution in [-0.2, 0) is 14.3 Å². The normalized spacial score (nSPS) is 27.1. The van der Waals surface area contributed by atoms with Gasteiger partial charge in [-0.05, 0) is 31.2 Å². The maximum Gasteiger partial charge on any atom is 0.407 e. The van der Waals surface area contributed by atoms with Crippen molar-refractivity contribution >= 4 is 17.9 Å². The molecule has 0 radical (unpaired) electrons. The summed E-state index contributed by atoms with van der Waals surface area (Å²) in [4.78, 5) is 38.6. The van der Waals surface area contributed by atoms with Crippen LogP contribution in [0.4, 0.5) is 4.79 Å². The summed E-state index contributed by atoms with van der Waals surface area (Å²) in [6, 6.07) is 10.1. The summed E-state index contributed by atoms with van der Waals surface area (Å²) in [5.74, 6) is -1.63. The molecule has 1 saturated heterocycles. The second-order valence-electron chi connectivity index (χ2n) is 7.46. The van der Waals surface area contributed by atoms with E-state index in [1.165, 1.54) is 12.6 Å². The maximum atomic E-state index is 13.1. The Morgan fingerprint density at radius 3 is 2.54 bits per heavy atom. The number of nitrogens with zero attached hydrogens (tertiary/aromatic N) is 1. The molecule has 1 aromatic rings. The Morgan fingerprint density at radius 2 is 1.86 bits per heavy atom. The molecular weight excluding hydrogens is 362 g/mol. The highest BCUT2D eigenvalue weighted by atomic mass is 16.6. The van der Waals surface area contributed by atoms with Crippen LogP contribution in [0, 0.1) is 11.8 Å². The fourth-order valence-electron chi connectivity index (χ4n) is 4.31. The lowest BCUT2D eigenvalue weighted by atomic mass is 9.76. The van der Waals surface area contributed by atoms with Crippen LogP contribution in [0.5, 0.6) is 0 Å². The predicted octanol–water partition coefficient (Wildman–Crippen LogP) is 1.65. The van der Waals surface area contributed by atoms with E-state index >= 15 is 0 Å². The Kier molecular flexibility index (Phi) is 6.51. The van der Waals surface area contributed by atoms with Gasteiger partial charge in [-0.15, -0.1) is 0 Å². The molecule has 0 bridgehead atoms. The van der Waals surface area contributed by atoms with Gasteiger partial charge in [0.1, 0.15) is 6.10 Å². The molecule has 3 amide bonds. The van der Waals surface area contributed by atoms with Crippen LogP contribution in [0.1, 0.15) is 37.2 Å². The van der Waals surface area contributed by atoms with Gasteiger partial charge in [-0.2, -0.15) is 0 Å². The third-order valence-electron chi connectivity index (χ3n) is 5.82. The molecule has 1 heterocycles. The van der Waals surface area contributed by atoms with E-state index in [1.54, 1.807) is 5.48 Å². The first-order valence-corrected chi connectivity index (χ1v) is 9.69. The van der Waals surface area contributed by atoms with Crippen molar-refractivity contribution in [2.75, 3.05) is 20.1 Å². The van der Waals surface area contributed by atoms with Gasteiger partial charge in [0.05, 0.1) is 11.8 Å². The van der Waals surface area contributed by atoms with E-state index in [1.807, 2.05) is 23.1 Å². The van der Waals surface area contributed by atoms with Crippen LogP contribution in [0.3, 0.4) is 0 Å². The van der Waals surface area contributed by atoms with Crippen LogP contribution >= 0.6 is 0 Å². The van der Waals surface area contributed by atoms with E-state index < -0.39 is 29.9 Å². The highest BCUT2D eigenvalue weighted by molar-refractivity contribution is 5.87. The number of carbonyl (C=O) groups excluding carboxylic acids is 3. The van der Waals surface area contributed by atoms with Crippen LogP contribution < -0.4 is 10.8 Å². The number of hydroxylamine groups is 1. The monoisotopic (exact) mass is 389 g/mol. The standard InChI is InChI=1S/C20H27N3O5/c1-21-20(26)28-15-7-8-16(17(11-15)18(24)22-27)19(25)23-10-9-14(12-23)13-5-3-2-4-6-13/h2-6,14-17,27H,7-12H2,1H3,(H,21,26)(H,22,24)/t14-,15?,16?,17?/m0/s1. The lowest BCUT2D eigenvalue weighted by molar-refractivity contribution is -0.148. The second kappa shape index (κ2) is 9.05. The molecule has 3 rings (SSSR count). The minimum absolute atomic E-state index is 0.0644. The molecule has 0 spiro atoms. The van der Waals surface area contributed by atoms with Gasteiger partial charge in [0.15, 0.2) is 0 Å². The summed E-state index contributed by atoms with van der Waals surface area (Å²) >= 11 is 0. The molecule has 4 atom stereocenters. The Morgan fingerprint density at radius 1 is 1.11 bits per heavy atom. The van der Waals surface area contributed by atoms with E-state index in [4.69, 9.17) is 9.94 Å². The molecule has 3 unspecified atom stereocenters. The van der Waals surface area contributed by atoms with Crippen molar-refractivity contribution in [1.82, 2.24) is 15.7 Å². The number of likely N-dealkylation sites (tertiary alicyclic amines) is 1. The zero-order valence-corrected chi connectivity index (χ0v) is 16.0. The highest BCUT2D eigenvalue weighted by Crippen LogP contribution is 2.36. The minimum atomic E-state index is -0.725. The van der Waals surface area contributed by atoms with Gasteiger partial charge in [-0.3, -0.25) is 14.8 Å². The van der Waals surface area contributed by atoms with Crippen LogP contribution in [-0.4, -0.2) is 54.3 Å². The zero-order valence-electron chi connectivity index (χ0n) is 16.0. The van der Waals surface area contributed by atoms with E-state index in [0.29, 0.717) is 31.8 Å². The third-order valence-corrected chi connectivity index (χ3v) is 5.82. The van der Waals surface area contributed by atoms with Crippen molar-refractivity contribution in [2.24, 2.45) is 11.8 Å². The summed E-state index contributed by atoms with van der Waals surface area (Å²) in [7, 11) is 1.46. The number of nitrogens with one attached hydrogen (secondary N) is 2.